The molecule has 1 aromatic carbocycles. The minimum absolute atomic E-state index is 0.914. The first-order chi connectivity index (χ1) is 12.5. The number of benzene rings is 1. The summed E-state index contributed by atoms with van der Waals surface area (Å²) in [6.07, 6.45) is 4.40. The van der Waals surface area contributed by atoms with Gasteiger partial charge in [0.1, 0.15) is 5.75 Å². The summed E-state index contributed by atoms with van der Waals surface area (Å²) in [5.74, 6) is 0.914. The second kappa shape index (κ2) is 8.57. The Hall–Kier alpha value is -1.66. The highest BCUT2D eigenvalue weighted by Gasteiger charge is 2.21. The maximum atomic E-state index is 5.57. The average Bonchev–Trinajstić information content (AvgIpc) is 2.57. The van der Waals surface area contributed by atoms with Crippen molar-refractivity contribution in [1.29, 1.82) is 0 Å². The predicted molar refractivity (Wildman–Crippen MR) is 125 cm³/mol. The fourth-order valence-electron chi connectivity index (χ4n) is 3.17. The van der Waals surface area contributed by atoms with Gasteiger partial charge in [0.2, 0.25) is 0 Å². The number of rotatable bonds is 7. The molecule has 0 radical (unpaired) electrons. The summed E-state index contributed by atoms with van der Waals surface area (Å²) in [5.41, 5.74) is 6.26. The number of hydrogen-bond donors (Lipinski definition) is 0. The average molecular weight is 398 g/mol. The molecule has 0 N–H and O–H groups in total. The number of pyridine rings is 1. The van der Waals surface area contributed by atoms with E-state index in [2.05, 4.69) is 76.5 Å². The first-order valence-corrected chi connectivity index (χ1v) is 17.2. The van der Waals surface area contributed by atoms with E-state index in [9.17, 15) is 0 Å². The van der Waals surface area contributed by atoms with Gasteiger partial charge in [0.05, 0.1) is 12.8 Å². The van der Waals surface area contributed by atoms with E-state index >= 15 is 0 Å². The van der Waals surface area contributed by atoms with Gasteiger partial charge in [-0.1, -0.05) is 51.4 Å². The van der Waals surface area contributed by atoms with Crippen molar-refractivity contribution in [2.24, 2.45) is 0 Å². The fraction of sp³-hybridized carbons (Fsp3) is 0.435. The second-order valence-electron chi connectivity index (χ2n) is 9.81. The lowest BCUT2D eigenvalue weighted by Gasteiger charge is -2.23. The molecule has 0 unspecified atom stereocenters. The molecule has 0 spiro atoms. The van der Waals surface area contributed by atoms with Crippen LogP contribution in [-0.2, 0) is 0 Å². The van der Waals surface area contributed by atoms with E-state index in [-0.39, 0.29) is 0 Å². The molecular formula is C23H35NOSi2. The highest BCUT2D eigenvalue weighted by atomic mass is 28.3. The number of methoxy groups -OCH3 is 1. The van der Waals surface area contributed by atoms with Gasteiger partial charge in [0, 0.05) is 27.9 Å². The number of allylic oxidation sites excluding steroid dienone is 2. The minimum atomic E-state index is -1.28. The Morgan fingerprint density at radius 2 is 1.74 bits per heavy atom. The zero-order valence-electron chi connectivity index (χ0n) is 18.3. The lowest BCUT2D eigenvalue weighted by Crippen LogP contribution is -2.21. The van der Waals surface area contributed by atoms with E-state index in [0.717, 1.165) is 11.4 Å². The van der Waals surface area contributed by atoms with Crippen molar-refractivity contribution in [2.75, 3.05) is 7.11 Å². The van der Waals surface area contributed by atoms with Gasteiger partial charge in [-0.2, -0.15) is 0 Å². The SMILES string of the molecule is COc1ccc(-c2ncccc2C)c(/C(=C/C[Si](C)(C)C)C[Si](C)(C)C)c1. The molecule has 2 aromatic rings. The van der Waals surface area contributed by atoms with E-state index < -0.39 is 16.1 Å². The molecule has 1 heterocycles. The zero-order valence-corrected chi connectivity index (χ0v) is 20.3. The van der Waals surface area contributed by atoms with E-state index in [1.165, 1.54) is 34.4 Å². The molecule has 0 aliphatic heterocycles. The Bertz CT molecular complexity index is 814. The molecule has 0 saturated heterocycles. The third kappa shape index (κ3) is 6.47. The smallest absolute Gasteiger partial charge is 0.119 e. The first-order valence-electron chi connectivity index (χ1n) is 9.80. The van der Waals surface area contributed by atoms with Crippen LogP contribution in [0.5, 0.6) is 5.75 Å². The highest BCUT2D eigenvalue weighted by Crippen LogP contribution is 2.37. The van der Waals surface area contributed by atoms with Crippen molar-refractivity contribution in [3.05, 3.63) is 53.7 Å². The standard InChI is InChI=1S/C23H35NOSi2/c1-18-10-9-14-24-23(18)21-12-11-20(25-2)16-22(21)19(17-27(6,7)8)13-15-26(3,4)5/h9-14,16H,15,17H2,1-8H3/b19-13+. The predicted octanol–water partition coefficient (Wildman–Crippen LogP) is 7.13. The van der Waals surface area contributed by atoms with Crippen LogP contribution in [0.3, 0.4) is 0 Å². The molecule has 0 fully saturated rings. The van der Waals surface area contributed by atoms with Gasteiger partial charge in [-0.3, -0.25) is 4.98 Å². The van der Waals surface area contributed by atoms with Crippen LogP contribution in [0, 0.1) is 6.92 Å². The summed E-state index contributed by atoms with van der Waals surface area (Å²) >= 11 is 0. The summed E-state index contributed by atoms with van der Waals surface area (Å²) < 4.78 is 5.57. The second-order valence-corrected chi connectivity index (χ2v) is 20.8. The van der Waals surface area contributed by atoms with Crippen LogP contribution in [0.4, 0.5) is 0 Å². The van der Waals surface area contributed by atoms with Crippen molar-refractivity contribution in [1.82, 2.24) is 4.98 Å². The molecule has 0 saturated carbocycles. The molecular weight excluding hydrogens is 362 g/mol. The van der Waals surface area contributed by atoms with E-state index in [4.69, 9.17) is 9.72 Å². The normalized spacial score (nSPS) is 13.0. The van der Waals surface area contributed by atoms with Crippen LogP contribution in [0.15, 0.2) is 42.6 Å². The van der Waals surface area contributed by atoms with Gasteiger partial charge in [-0.25, -0.2) is 0 Å². The summed E-state index contributed by atoms with van der Waals surface area (Å²) in [4.78, 5) is 4.70. The highest BCUT2D eigenvalue weighted by molar-refractivity contribution is 6.78. The van der Waals surface area contributed by atoms with E-state index in [0.29, 0.717) is 0 Å². The number of aryl methyl sites for hydroxylation is 1. The third-order valence-electron chi connectivity index (χ3n) is 4.52. The first kappa shape index (κ1) is 21.6. The van der Waals surface area contributed by atoms with Gasteiger partial charge < -0.3 is 4.74 Å². The molecule has 1 aromatic heterocycles. The maximum absolute atomic E-state index is 5.57. The summed E-state index contributed by atoms with van der Waals surface area (Å²) in [5, 5.41) is 0. The quantitative estimate of drug-likeness (QED) is 0.464. The number of ether oxygens (including phenoxy) is 1. The van der Waals surface area contributed by atoms with Crippen molar-refractivity contribution >= 4 is 21.7 Å². The molecule has 2 rings (SSSR count). The molecule has 0 bridgehead atoms. The van der Waals surface area contributed by atoms with Gasteiger partial charge >= 0.3 is 0 Å². The molecule has 4 heteroatoms. The number of nitrogens with zero attached hydrogens (tertiary/aromatic N) is 1. The molecule has 0 atom stereocenters. The fourth-order valence-corrected chi connectivity index (χ4v) is 5.50. The van der Waals surface area contributed by atoms with E-state index in [1.54, 1.807) is 7.11 Å². The number of hydrogen-bond acceptors (Lipinski definition) is 2. The van der Waals surface area contributed by atoms with Crippen molar-refractivity contribution in [3.63, 3.8) is 0 Å². The van der Waals surface area contributed by atoms with Crippen LogP contribution < -0.4 is 4.74 Å². The Balaban J connectivity index is 2.67. The van der Waals surface area contributed by atoms with Crippen molar-refractivity contribution in [3.8, 4) is 17.0 Å². The lowest BCUT2D eigenvalue weighted by atomic mass is 9.95. The van der Waals surface area contributed by atoms with Gasteiger partial charge in [-0.05, 0) is 60.0 Å². The molecule has 0 aliphatic rings. The van der Waals surface area contributed by atoms with Gasteiger partial charge in [-0.15, -0.1) is 0 Å². The zero-order chi connectivity index (χ0) is 20.2. The summed E-state index contributed by atoms with van der Waals surface area (Å²) in [6, 6.07) is 13.0. The van der Waals surface area contributed by atoms with Crippen molar-refractivity contribution in [2.45, 2.75) is 58.3 Å². The van der Waals surface area contributed by atoms with Crippen LogP contribution in [0.2, 0.25) is 51.4 Å². The Labute approximate surface area is 167 Å². The van der Waals surface area contributed by atoms with Gasteiger partial charge in [0.25, 0.3) is 0 Å². The van der Waals surface area contributed by atoms with E-state index in [1.807, 2.05) is 12.3 Å². The van der Waals surface area contributed by atoms with Crippen LogP contribution in [0.1, 0.15) is 11.1 Å². The Morgan fingerprint density at radius 1 is 1.04 bits per heavy atom. The lowest BCUT2D eigenvalue weighted by molar-refractivity contribution is 0.414. The van der Waals surface area contributed by atoms with Gasteiger partial charge in [0.15, 0.2) is 0 Å². The topological polar surface area (TPSA) is 22.1 Å². The molecule has 2 nitrogen and oxygen atoms in total. The number of aromatic nitrogens is 1. The van der Waals surface area contributed by atoms with Crippen molar-refractivity contribution < 1.29 is 4.74 Å². The minimum Gasteiger partial charge on any atom is -0.497 e. The molecule has 146 valence electrons. The Kier molecular flexibility index (Phi) is 6.87. The maximum Gasteiger partial charge on any atom is 0.119 e. The molecule has 27 heavy (non-hydrogen) atoms. The van der Waals surface area contributed by atoms with Crippen LogP contribution in [-0.4, -0.2) is 28.2 Å². The van der Waals surface area contributed by atoms with Crippen LogP contribution >= 0.6 is 0 Å². The Morgan fingerprint density at radius 3 is 2.30 bits per heavy atom. The third-order valence-corrected chi connectivity index (χ3v) is 7.39. The van der Waals surface area contributed by atoms with Crippen LogP contribution in [0.25, 0.3) is 16.8 Å². The summed E-state index contributed by atoms with van der Waals surface area (Å²) in [7, 11) is -0.699. The monoisotopic (exact) mass is 397 g/mol. The molecule has 0 aliphatic carbocycles. The summed E-state index contributed by atoms with van der Waals surface area (Å²) in [6.45, 7) is 16.8. The molecule has 0 amide bonds. The largest absolute Gasteiger partial charge is 0.497 e.